The lowest BCUT2D eigenvalue weighted by molar-refractivity contribution is -0.133. The molecule has 0 aliphatic rings. The summed E-state index contributed by atoms with van der Waals surface area (Å²) in [6.45, 7) is 4.64. The van der Waals surface area contributed by atoms with Crippen LogP contribution in [0.2, 0.25) is 0 Å². The number of hydrogen-bond acceptors (Lipinski definition) is 3. The molecule has 1 amide bonds. The average Bonchev–Trinajstić information content (AvgIpc) is 2.82. The van der Waals surface area contributed by atoms with Crippen molar-refractivity contribution in [1.29, 1.82) is 0 Å². The van der Waals surface area contributed by atoms with E-state index in [4.69, 9.17) is 5.11 Å². The predicted octanol–water partition coefficient (Wildman–Crippen LogP) is 2.30. The van der Waals surface area contributed by atoms with E-state index >= 15 is 0 Å². The summed E-state index contributed by atoms with van der Waals surface area (Å²) < 4.78 is 0. The molecule has 1 rings (SSSR count). The maximum atomic E-state index is 12.2. The van der Waals surface area contributed by atoms with Crippen LogP contribution < -0.4 is 0 Å². The summed E-state index contributed by atoms with van der Waals surface area (Å²) in [4.78, 5) is 15.1. The Bertz CT molecular complexity index is 320. The van der Waals surface area contributed by atoms with E-state index in [9.17, 15) is 4.79 Å². The van der Waals surface area contributed by atoms with Crippen LogP contribution in [0.4, 0.5) is 0 Å². The van der Waals surface area contributed by atoms with Gasteiger partial charge in [-0.3, -0.25) is 4.79 Å². The molecular weight excluding hydrogens is 234 g/mol. The minimum absolute atomic E-state index is 0.0344. The van der Waals surface area contributed by atoms with Gasteiger partial charge >= 0.3 is 0 Å². The number of hydrogen-bond donors (Lipinski definition) is 1. The second-order valence-corrected chi connectivity index (χ2v) is 5.07. The number of rotatable bonds is 7. The molecular formula is C13H21NO2S. The first-order valence-corrected chi connectivity index (χ1v) is 7.03. The van der Waals surface area contributed by atoms with E-state index in [0.29, 0.717) is 13.0 Å². The molecule has 0 aliphatic carbocycles. The highest BCUT2D eigenvalue weighted by molar-refractivity contribution is 7.10. The molecule has 1 aromatic heterocycles. The van der Waals surface area contributed by atoms with E-state index in [1.807, 2.05) is 22.4 Å². The van der Waals surface area contributed by atoms with Crippen molar-refractivity contribution >= 4 is 17.2 Å². The summed E-state index contributed by atoms with van der Waals surface area (Å²) in [5.74, 6) is 0.121. The average molecular weight is 255 g/mol. The predicted molar refractivity (Wildman–Crippen MR) is 71.2 cm³/mol. The van der Waals surface area contributed by atoms with Crippen molar-refractivity contribution in [2.75, 3.05) is 13.2 Å². The zero-order valence-corrected chi connectivity index (χ0v) is 11.4. The molecule has 17 heavy (non-hydrogen) atoms. The van der Waals surface area contributed by atoms with Crippen LogP contribution in [0.15, 0.2) is 17.5 Å². The molecule has 0 radical (unpaired) electrons. The minimum atomic E-state index is 0.0344. The van der Waals surface area contributed by atoms with E-state index in [-0.39, 0.29) is 18.6 Å². The van der Waals surface area contributed by atoms with E-state index in [0.717, 1.165) is 17.7 Å². The molecule has 3 nitrogen and oxygen atoms in total. The van der Waals surface area contributed by atoms with Gasteiger partial charge in [0.25, 0.3) is 0 Å². The Kier molecular flexibility index (Phi) is 6.22. The van der Waals surface area contributed by atoms with Crippen molar-refractivity contribution in [3.8, 4) is 0 Å². The lowest BCUT2D eigenvalue weighted by atomic mass is 10.1. The van der Waals surface area contributed by atoms with Gasteiger partial charge in [0.2, 0.25) is 5.91 Å². The summed E-state index contributed by atoms with van der Waals surface area (Å²) in [7, 11) is 0. The van der Waals surface area contributed by atoms with Crippen LogP contribution in [0, 0.1) is 0 Å². The summed E-state index contributed by atoms with van der Waals surface area (Å²) in [5, 5.41) is 11.0. The van der Waals surface area contributed by atoms with Crippen molar-refractivity contribution < 1.29 is 9.90 Å². The van der Waals surface area contributed by atoms with Crippen molar-refractivity contribution in [3.63, 3.8) is 0 Å². The summed E-state index contributed by atoms with van der Waals surface area (Å²) in [5.41, 5.74) is 0. The van der Waals surface area contributed by atoms with E-state index in [2.05, 4.69) is 13.8 Å². The molecule has 1 aromatic rings. The number of carbonyl (C=O) groups excluding carboxylic acids is 1. The molecule has 1 heterocycles. The first-order valence-electron chi connectivity index (χ1n) is 6.15. The maximum absolute atomic E-state index is 12.2. The van der Waals surface area contributed by atoms with Gasteiger partial charge in [-0.05, 0) is 24.3 Å². The van der Waals surface area contributed by atoms with Gasteiger partial charge in [-0.1, -0.05) is 19.9 Å². The fourth-order valence-electron chi connectivity index (χ4n) is 2.01. The lowest BCUT2D eigenvalue weighted by Crippen LogP contribution is -2.42. The number of carbonyl (C=O) groups is 1. The topological polar surface area (TPSA) is 40.5 Å². The fraction of sp³-hybridized carbons (Fsp3) is 0.615. The van der Waals surface area contributed by atoms with Crippen LogP contribution in [0.1, 0.15) is 31.6 Å². The quantitative estimate of drug-likeness (QED) is 0.812. The van der Waals surface area contributed by atoms with Gasteiger partial charge in [0, 0.05) is 17.5 Å². The van der Waals surface area contributed by atoms with E-state index in [1.165, 1.54) is 0 Å². The normalized spacial score (nSPS) is 10.8. The van der Waals surface area contributed by atoms with E-state index < -0.39 is 0 Å². The van der Waals surface area contributed by atoms with Crippen molar-refractivity contribution in [2.45, 2.75) is 39.2 Å². The van der Waals surface area contributed by atoms with Crippen LogP contribution in [0.3, 0.4) is 0 Å². The molecule has 96 valence electrons. The van der Waals surface area contributed by atoms with Gasteiger partial charge in [0.05, 0.1) is 13.0 Å². The van der Waals surface area contributed by atoms with Crippen LogP contribution in [0.25, 0.3) is 0 Å². The molecule has 0 bridgehead atoms. The number of nitrogens with zero attached hydrogens (tertiary/aromatic N) is 1. The Morgan fingerprint density at radius 2 is 2.18 bits per heavy atom. The molecule has 0 spiro atoms. The van der Waals surface area contributed by atoms with Gasteiger partial charge in [0.1, 0.15) is 0 Å². The molecule has 0 fully saturated rings. The fourth-order valence-corrected chi connectivity index (χ4v) is 2.71. The van der Waals surface area contributed by atoms with Crippen LogP contribution in [0.5, 0.6) is 0 Å². The second kappa shape index (κ2) is 7.45. The zero-order valence-electron chi connectivity index (χ0n) is 10.6. The third-order valence-electron chi connectivity index (χ3n) is 2.95. The van der Waals surface area contributed by atoms with Gasteiger partial charge in [-0.25, -0.2) is 0 Å². The van der Waals surface area contributed by atoms with Crippen molar-refractivity contribution in [2.24, 2.45) is 0 Å². The zero-order chi connectivity index (χ0) is 12.7. The number of amides is 1. The first-order chi connectivity index (χ1) is 8.22. The lowest BCUT2D eigenvalue weighted by Gasteiger charge is -2.30. The second-order valence-electron chi connectivity index (χ2n) is 4.04. The third kappa shape index (κ3) is 4.13. The Labute approximate surface area is 107 Å². The Hall–Kier alpha value is -0.870. The molecule has 4 heteroatoms. The highest BCUT2D eigenvalue weighted by atomic mass is 32.1. The summed E-state index contributed by atoms with van der Waals surface area (Å²) >= 11 is 1.60. The Morgan fingerprint density at radius 1 is 1.47 bits per heavy atom. The third-order valence-corrected chi connectivity index (χ3v) is 3.83. The molecule has 0 saturated heterocycles. The molecule has 0 aromatic carbocycles. The highest BCUT2D eigenvalue weighted by Crippen LogP contribution is 2.14. The monoisotopic (exact) mass is 255 g/mol. The molecule has 0 saturated carbocycles. The smallest absolute Gasteiger partial charge is 0.228 e. The first kappa shape index (κ1) is 14.2. The standard InChI is InChI=1S/C13H21NO2S/c1-3-11(4-2)14(7-8-15)13(16)10-12-6-5-9-17-12/h5-6,9,11,15H,3-4,7-8,10H2,1-2H3. The van der Waals surface area contributed by atoms with Crippen molar-refractivity contribution in [3.05, 3.63) is 22.4 Å². The van der Waals surface area contributed by atoms with Gasteiger partial charge in [-0.15, -0.1) is 11.3 Å². The molecule has 1 N–H and O–H groups in total. The largest absolute Gasteiger partial charge is 0.395 e. The summed E-state index contributed by atoms with van der Waals surface area (Å²) in [6, 6.07) is 4.18. The maximum Gasteiger partial charge on any atom is 0.228 e. The Balaban J connectivity index is 2.65. The van der Waals surface area contributed by atoms with Crippen LogP contribution in [-0.2, 0) is 11.2 Å². The van der Waals surface area contributed by atoms with Gasteiger partial charge < -0.3 is 10.0 Å². The van der Waals surface area contributed by atoms with E-state index in [1.54, 1.807) is 11.3 Å². The van der Waals surface area contributed by atoms with Crippen molar-refractivity contribution in [1.82, 2.24) is 4.90 Å². The van der Waals surface area contributed by atoms with Crippen LogP contribution in [-0.4, -0.2) is 35.1 Å². The highest BCUT2D eigenvalue weighted by Gasteiger charge is 2.20. The number of aliphatic hydroxyl groups excluding tert-OH is 1. The molecule has 0 atom stereocenters. The van der Waals surface area contributed by atoms with Gasteiger partial charge in [0.15, 0.2) is 0 Å². The summed E-state index contributed by atoms with van der Waals surface area (Å²) in [6.07, 6.45) is 2.33. The molecule has 0 aliphatic heterocycles. The van der Waals surface area contributed by atoms with Gasteiger partial charge in [-0.2, -0.15) is 0 Å². The minimum Gasteiger partial charge on any atom is -0.395 e. The SMILES string of the molecule is CCC(CC)N(CCO)C(=O)Cc1cccs1. The van der Waals surface area contributed by atoms with Crippen LogP contribution >= 0.6 is 11.3 Å². The molecule has 0 unspecified atom stereocenters. The number of aliphatic hydroxyl groups is 1. The Morgan fingerprint density at radius 3 is 2.65 bits per heavy atom. The number of thiophene rings is 1.